The maximum atomic E-state index is 14.5. The fourth-order valence-corrected chi connectivity index (χ4v) is 6.67. The minimum Gasteiger partial charge on any atom is -0.352 e. The molecule has 4 nitrogen and oxygen atoms in total. The van der Waals surface area contributed by atoms with Gasteiger partial charge >= 0.3 is 0 Å². The van der Waals surface area contributed by atoms with Crippen molar-refractivity contribution >= 4 is 45.0 Å². The van der Waals surface area contributed by atoms with Crippen LogP contribution in [0.25, 0.3) is 6.08 Å². The Balaban J connectivity index is 1.70. The van der Waals surface area contributed by atoms with Gasteiger partial charge in [-0.25, -0.2) is 0 Å². The zero-order valence-electron chi connectivity index (χ0n) is 20.4. The number of anilines is 1. The van der Waals surface area contributed by atoms with E-state index in [0.29, 0.717) is 11.1 Å². The number of carbonyl (C=O) groups is 3. The Morgan fingerprint density at radius 1 is 0.861 bits per heavy atom. The van der Waals surface area contributed by atoms with Crippen LogP contribution in [0.4, 0.5) is 5.69 Å². The van der Waals surface area contributed by atoms with E-state index < -0.39 is 28.8 Å². The van der Waals surface area contributed by atoms with Gasteiger partial charge in [-0.05, 0) is 29.3 Å². The summed E-state index contributed by atoms with van der Waals surface area (Å²) in [5.41, 5.74) is 1.44. The zero-order valence-corrected chi connectivity index (χ0v) is 22.0. The van der Waals surface area contributed by atoms with Gasteiger partial charge in [-0.2, -0.15) is 0 Å². The molecule has 1 aliphatic carbocycles. The summed E-state index contributed by atoms with van der Waals surface area (Å²) in [4.78, 5) is 45.3. The van der Waals surface area contributed by atoms with E-state index in [2.05, 4.69) is 20.8 Å². The first-order valence-electron chi connectivity index (χ1n) is 12.2. The van der Waals surface area contributed by atoms with Crippen molar-refractivity contribution in [3.63, 3.8) is 0 Å². The fraction of sp³-hybridized carbons (Fsp3) is 0.258. The number of hydrogen-bond donors (Lipinski definition) is 0. The van der Waals surface area contributed by atoms with Gasteiger partial charge in [-0.1, -0.05) is 103 Å². The van der Waals surface area contributed by atoms with Crippen molar-refractivity contribution in [3.05, 3.63) is 106 Å². The van der Waals surface area contributed by atoms with Crippen molar-refractivity contribution in [1.82, 2.24) is 0 Å². The Morgan fingerprint density at radius 2 is 1.44 bits per heavy atom. The maximum Gasteiger partial charge on any atom is 0.180 e. The standard InChI is InChI=1S/C31H26BrNO3/c1-30(2,3)29(36)26-25(19-12-15-20(32)16-13-19)31(27(34)21-9-5-6-10-22(21)28(31)35)24-17-14-18-8-4-7-11-23(18)33(24)26/h4-17,24-26H,1-3H3/t24-,25+,26-/m1/s1. The number of ketones is 3. The zero-order chi connectivity index (χ0) is 25.4. The Morgan fingerprint density at radius 3 is 2.06 bits per heavy atom. The first-order chi connectivity index (χ1) is 17.2. The molecule has 0 aromatic heterocycles. The topological polar surface area (TPSA) is 54.5 Å². The molecule has 0 saturated carbocycles. The first-order valence-corrected chi connectivity index (χ1v) is 13.0. The summed E-state index contributed by atoms with van der Waals surface area (Å²) in [5, 5.41) is 0. The van der Waals surface area contributed by atoms with Crippen molar-refractivity contribution in [2.75, 3.05) is 4.90 Å². The third kappa shape index (κ3) is 2.95. The lowest BCUT2D eigenvalue weighted by Gasteiger charge is -2.38. The van der Waals surface area contributed by atoms with Gasteiger partial charge in [-0.3, -0.25) is 14.4 Å². The van der Waals surface area contributed by atoms with Gasteiger partial charge in [0.2, 0.25) is 0 Å². The molecule has 3 aromatic rings. The van der Waals surface area contributed by atoms with Crippen LogP contribution in [-0.4, -0.2) is 29.4 Å². The van der Waals surface area contributed by atoms with Crippen molar-refractivity contribution in [3.8, 4) is 0 Å². The summed E-state index contributed by atoms with van der Waals surface area (Å²) in [6.07, 6.45) is 3.95. The molecule has 6 rings (SSSR count). The molecule has 0 bridgehead atoms. The number of para-hydroxylation sites is 1. The van der Waals surface area contributed by atoms with Gasteiger partial charge in [0.15, 0.2) is 17.3 Å². The smallest absolute Gasteiger partial charge is 0.180 e. The van der Waals surface area contributed by atoms with Crippen molar-refractivity contribution in [2.24, 2.45) is 10.8 Å². The van der Waals surface area contributed by atoms with Gasteiger partial charge in [0.05, 0.1) is 12.1 Å². The molecule has 2 heterocycles. The molecular formula is C31H26BrNO3. The second-order valence-electron chi connectivity index (χ2n) is 10.9. The number of halogens is 1. The average Bonchev–Trinajstić information content (AvgIpc) is 3.30. The van der Waals surface area contributed by atoms with E-state index in [4.69, 9.17) is 0 Å². The molecule has 0 N–H and O–H groups in total. The molecule has 0 radical (unpaired) electrons. The fourth-order valence-electron chi connectivity index (χ4n) is 6.40. The highest BCUT2D eigenvalue weighted by atomic mass is 79.9. The molecule has 0 unspecified atom stereocenters. The highest BCUT2D eigenvalue weighted by Gasteiger charge is 2.71. The Kier molecular flexibility index (Phi) is 5.03. The van der Waals surface area contributed by atoms with Gasteiger partial charge in [-0.15, -0.1) is 0 Å². The van der Waals surface area contributed by atoms with Gasteiger partial charge < -0.3 is 4.90 Å². The summed E-state index contributed by atoms with van der Waals surface area (Å²) in [7, 11) is 0. The number of Topliss-reactive ketones (excluding diaryl/α,β-unsaturated/α-hetero) is 3. The monoisotopic (exact) mass is 539 g/mol. The van der Waals surface area contributed by atoms with Gasteiger partial charge in [0, 0.05) is 32.6 Å². The molecule has 2 aliphatic heterocycles. The molecule has 3 aliphatic rings. The lowest BCUT2D eigenvalue weighted by atomic mass is 9.63. The van der Waals surface area contributed by atoms with Crippen molar-refractivity contribution in [2.45, 2.75) is 38.8 Å². The summed E-state index contributed by atoms with van der Waals surface area (Å²) < 4.78 is 0.896. The van der Waals surface area contributed by atoms with Gasteiger partial charge in [0.1, 0.15) is 5.41 Å². The summed E-state index contributed by atoms with van der Waals surface area (Å²) >= 11 is 3.51. The van der Waals surface area contributed by atoms with Crippen LogP contribution in [0.1, 0.15) is 58.5 Å². The minimum absolute atomic E-state index is 0.0129. The van der Waals surface area contributed by atoms with Crippen LogP contribution in [0.3, 0.4) is 0 Å². The molecule has 5 heteroatoms. The summed E-state index contributed by atoms with van der Waals surface area (Å²) in [6, 6.07) is 21.4. The molecule has 1 fully saturated rings. The number of hydrogen-bond acceptors (Lipinski definition) is 4. The SMILES string of the molecule is CC(C)(C)C(=O)[C@H]1[C@H](c2ccc(Br)cc2)C2(C(=O)c3ccccc3C2=O)[C@H]2C=Cc3ccccc3N12. The number of rotatable bonds is 2. The summed E-state index contributed by atoms with van der Waals surface area (Å²) in [6.45, 7) is 5.73. The Bertz CT molecular complexity index is 1430. The second kappa shape index (κ2) is 7.84. The molecule has 3 atom stereocenters. The first kappa shape index (κ1) is 23.1. The van der Waals surface area contributed by atoms with Crippen LogP contribution >= 0.6 is 15.9 Å². The Hall–Kier alpha value is -3.31. The molecule has 36 heavy (non-hydrogen) atoms. The van der Waals surface area contributed by atoms with E-state index in [1.165, 1.54) is 0 Å². The second-order valence-corrected chi connectivity index (χ2v) is 11.8. The van der Waals surface area contributed by atoms with E-state index in [-0.39, 0.29) is 17.3 Å². The van der Waals surface area contributed by atoms with Crippen LogP contribution < -0.4 is 4.90 Å². The van der Waals surface area contributed by atoms with E-state index in [1.807, 2.05) is 81.5 Å². The predicted molar refractivity (Wildman–Crippen MR) is 144 cm³/mol. The number of carbonyl (C=O) groups excluding carboxylic acids is 3. The molecule has 1 saturated heterocycles. The third-order valence-corrected chi connectivity index (χ3v) is 8.48. The number of fused-ring (bicyclic) bond motifs is 5. The molecule has 0 amide bonds. The molecule has 3 aromatic carbocycles. The highest BCUT2D eigenvalue weighted by Crippen LogP contribution is 2.61. The van der Waals surface area contributed by atoms with Crippen LogP contribution in [0, 0.1) is 10.8 Å². The van der Waals surface area contributed by atoms with Crippen LogP contribution in [0.5, 0.6) is 0 Å². The molecular weight excluding hydrogens is 514 g/mol. The minimum atomic E-state index is -1.44. The van der Waals surface area contributed by atoms with E-state index in [0.717, 1.165) is 21.3 Å². The normalized spacial score (nSPS) is 23.6. The predicted octanol–water partition coefficient (Wildman–Crippen LogP) is 6.50. The van der Waals surface area contributed by atoms with Crippen molar-refractivity contribution < 1.29 is 14.4 Å². The van der Waals surface area contributed by atoms with E-state index >= 15 is 0 Å². The number of benzene rings is 3. The van der Waals surface area contributed by atoms with Crippen LogP contribution in [0.15, 0.2) is 83.3 Å². The van der Waals surface area contributed by atoms with Crippen LogP contribution in [-0.2, 0) is 4.79 Å². The third-order valence-electron chi connectivity index (χ3n) is 7.95. The Labute approximate surface area is 219 Å². The molecule has 180 valence electrons. The average molecular weight is 540 g/mol. The maximum absolute atomic E-state index is 14.5. The van der Waals surface area contributed by atoms with Crippen molar-refractivity contribution in [1.29, 1.82) is 0 Å². The van der Waals surface area contributed by atoms with Crippen LogP contribution in [0.2, 0.25) is 0 Å². The largest absolute Gasteiger partial charge is 0.352 e. The quantitative estimate of drug-likeness (QED) is 0.349. The highest BCUT2D eigenvalue weighted by molar-refractivity contribution is 9.10. The van der Waals surface area contributed by atoms with Gasteiger partial charge in [0.25, 0.3) is 0 Å². The van der Waals surface area contributed by atoms with E-state index in [1.54, 1.807) is 24.3 Å². The summed E-state index contributed by atoms with van der Waals surface area (Å²) in [5.74, 6) is -1.02. The molecule has 1 spiro atoms. The lowest BCUT2D eigenvalue weighted by molar-refractivity contribution is -0.127. The number of nitrogens with zero attached hydrogens (tertiary/aromatic N) is 1. The van der Waals surface area contributed by atoms with E-state index in [9.17, 15) is 14.4 Å². The lowest BCUT2D eigenvalue weighted by Crippen LogP contribution is -2.49.